The van der Waals surface area contributed by atoms with E-state index in [9.17, 15) is 0 Å². The van der Waals surface area contributed by atoms with Gasteiger partial charge in [-0.15, -0.1) is 5.10 Å². The third kappa shape index (κ3) is 2.17. The summed E-state index contributed by atoms with van der Waals surface area (Å²) in [6.45, 7) is 0. The molecule has 2 aromatic heterocycles. The molecular formula is C11H14N6S. The quantitative estimate of drug-likeness (QED) is 0.910. The maximum Gasteiger partial charge on any atom is 0.215 e. The van der Waals surface area contributed by atoms with Crippen LogP contribution in [-0.2, 0) is 0 Å². The van der Waals surface area contributed by atoms with E-state index in [4.69, 9.17) is 5.73 Å². The number of pyridine rings is 1. The zero-order chi connectivity index (χ0) is 12.4. The molecular weight excluding hydrogens is 248 g/mol. The zero-order valence-electron chi connectivity index (χ0n) is 9.86. The van der Waals surface area contributed by atoms with Crippen molar-refractivity contribution in [1.29, 1.82) is 0 Å². The van der Waals surface area contributed by atoms with E-state index in [2.05, 4.69) is 20.5 Å². The maximum atomic E-state index is 5.88. The van der Waals surface area contributed by atoms with E-state index in [1.54, 1.807) is 6.20 Å². The highest BCUT2D eigenvalue weighted by Crippen LogP contribution is 2.34. The largest absolute Gasteiger partial charge is 0.397 e. The number of anilines is 1. The van der Waals surface area contributed by atoms with Crippen molar-refractivity contribution in [2.75, 3.05) is 5.73 Å². The molecule has 0 atom stereocenters. The molecule has 1 aliphatic rings. The summed E-state index contributed by atoms with van der Waals surface area (Å²) in [6.07, 6.45) is 6.52. The van der Waals surface area contributed by atoms with Crippen LogP contribution < -0.4 is 5.73 Å². The zero-order valence-corrected chi connectivity index (χ0v) is 10.7. The molecule has 3 rings (SSSR count). The van der Waals surface area contributed by atoms with Crippen LogP contribution in [0, 0.1) is 0 Å². The number of hydrogen-bond donors (Lipinski definition) is 1. The minimum atomic E-state index is 0.424. The normalized spacial score (nSPS) is 16.2. The molecule has 6 nitrogen and oxygen atoms in total. The Morgan fingerprint density at radius 3 is 2.94 bits per heavy atom. The number of rotatable bonds is 3. The number of nitrogens with two attached hydrogens (primary N) is 1. The second-order valence-electron chi connectivity index (χ2n) is 4.34. The van der Waals surface area contributed by atoms with Crippen LogP contribution in [0.4, 0.5) is 5.69 Å². The number of nitrogen functional groups attached to an aromatic ring is 1. The summed E-state index contributed by atoms with van der Waals surface area (Å²) in [5.41, 5.74) is 6.54. The molecule has 18 heavy (non-hydrogen) atoms. The Labute approximate surface area is 109 Å². The molecule has 2 heterocycles. The van der Waals surface area contributed by atoms with Crippen molar-refractivity contribution in [3.8, 4) is 0 Å². The van der Waals surface area contributed by atoms with Crippen LogP contribution in [0.15, 0.2) is 28.5 Å². The summed E-state index contributed by atoms with van der Waals surface area (Å²) >= 11 is 1.43. The predicted molar refractivity (Wildman–Crippen MR) is 68.1 cm³/mol. The molecule has 1 fully saturated rings. The lowest BCUT2D eigenvalue weighted by molar-refractivity contribution is 0.423. The Morgan fingerprint density at radius 2 is 2.17 bits per heavy atom. The molecule has 0 radical (unpaired) electrons. The SMILES string of the molecule is Nc1cccnc1Sc1nnnn1C1CCCC1. The summed E-state index contributed by atoms with van der Waals surface area (Å²) in [4.78, 5) is 4.25. The summed E-state index contributed by atoms with van der Waals surface area (Å²) in [6, 6.07) is 4.07. The van der Waals surface area contributed by atoms with Crippen LogP contribution in [0.5, 0.6) is 0 Å². The number of hydrogen-bond acceptors (Lipinski definition) is 6. The van der Waals surface area contributed by atoms with Crippen molar-refractivity contribution in [2.45, 2.75) is 41.9 Å². The van der Waals surface area contributed by atoms with Gasteiger partial charge in [0.15, 0.2) is 0 Å². The first-order valence-corrected chi connectivity index (χ1v) is 6.82. The number of nitrogens with zero attached hydrogens (tertiary/aromatic N) is 5. The van der Waals surface area contributed by atoms with E-state index in [0.29, 0.717) is 11.7 Å². The van der Waals surface area contributed by atoms with Gasteiger partial charge in [-0.25, -0.2) is 9.67 Å². The Balaban J connectivity index is 1.85. The Bertz CT molecular complexity index is 534. The Morgan fingerprint density at radius 1 is 1.33 bits per heavy atom. The van der Waals surface area contributed by atoms with Crippen molar-refractivity contribution in [3.05, 3.63) is 18.3 Å². The lowest BCUT2D eigenvalue weighted by atomic mass is 10.3. The van der Waals surface area contributed by atoms with Crippen LogP contribution >= 0.6 is 11.8 Å². The molecule has 0 amide bonds. The molecule has 0 spiro atoms. The first-order chi connectivity index (χ1) is 8.84. The van der Waals surface area contributed by atoms with E-state index in [1.807, 2.05) is 16.8 Å². The minimum absolute atomic E-state index is 0.424. The smallest absolute Gasteiger partial charge is 0.215 e. The van der Waals surface area contributed by atoms with Gasteiger partial charge in [-0.2, -0.15) is 0 Å². The van der Waals surface area contributed by atoms with E-state index >= 15 is 0 Å². The van der Waals surface area contributed by atoms with Gasteiger partial charge in [-0.05, 0) is 47.2 Å². The van der Waals surface area contributed by atoms with E-state index < -0.39 is 0 Å². The van der Waals surface area contributed by atoms with Crippen LogP contribution in [0.1, 0.15) is 31.7 Å². The molecule has 1 aliphatic carbocycles. The first kappa shape index (κ1) is 11.5. The lowest BCUT2D eigenvalue weighted by Crippen LogP contribution is -2.08. The van der Waals surface area contributed by atoms with Gasteiger partial charge in [0.2, 0.25) is 5.16 Å². The second kappa shape index (κ2) is 4.93. The average Bonchev–Trinajstić information content (AvgIpc) is 3.02. The van der Waals surface area contributed by atoms with Gasteiger partial charge < -0.3 is 5.73 Å². The molecule has 0 saturated heterocycles. The highest BCUT2D eigenvalue weighted by Gasteiger charge is 2.22. The molecule has 0 aromatic carbocycles. The Hall–Kier alpha value is -1.63. The van der Waals surface area contributed by atoms with Crippen LogP contribution in [0.25, 0.3) is 0 Å². The van der Waals surface area contributed by atoms with Crippen molar-refractivity contribution in [1.82, 2.24) is 25.2 Å². The van der Waals surface area contributed by atoms with E-state index in [1.165, 1.54) is 24.6 Å². The first-order valence-electron chi connectivity index (χ1n) is 6.01. The van der Waals surface area contributed by atoms with Gasteiger partial charge in [0.1, 0.15) is 5.03 Å². The van der Waals surface area contributed by atoms with Gasteiger partial charge in [-0.1, -0.05) is 12.8 Å². The van der Waals surface area contributed by atoms with Gasteiger partial charge >= 0.3 is 0 Å². The highest BCUT2D eigenvalue weighted by molar-refractivity contribution is 7.99. The summed E-state index contributed by atoms with van der Waals surface area (Å²) in [5.74, 6) is 0. The maximum absolute atomic E-state index is 5.88. The van der Waals surface area contributed by atoms with Gasteiger partial charge in [0, 0.05) is 6.20 Å². The van der Waals surface area contributed by atoms with E-state index in [0.717, 1.165) is 23.0 Å². The third-order valence-corrected chi connectivity index (χ3v) is 4.11. The van der Waals surface area contributed by atoms with Crippen LogP contribution in [0.2, 0.25) is 0 Å². The van der Waals surface area contributed by atoms with Gasteiger partial charge in [-0.3, -0.25) is 0 Å². The van der Waals surface area contributed by atoms with Crippen LogP contribution in [-0.4, -0.2) is 25.2 Å². The second-order valence-corrected chi connectivity index (χ2v) is 5.30. The average molecular weight is 262 g/mol. The number of aromatic nitrogens is 5. The highest BCUT2D eigenvalue weighted by atomic mass is 32.2. The van der Waals surface area contributed by atoms with Crippen molar-refractivity contribution < 1.29 is 0 Å². The lowest BCUT2D eigenvalue weighted by Gasteiger charge is -2.10. The Kier molecular flexibility index (Phi) is 3.14. The summed E-state index contributed by atoms with van der Waals surface area (Å²) in [5, 5.41) is 13.4. The summed E-state index contributed by atoms with van der Waals surface area (Å²) in [7, 11) is 0. The fraction of sp³-hybridized carbons (Fsp3) is 0.455. The molecule has 2 N–H and O–H groups in total. The third-order valence-electron chi connectivity index (χ3n) is 3.12. The molecule has 0 unspecified atom stereocenters. The van der Waals surface area contributed by atoms with Crippen molar-refractivity contribution >= 4 is 17.4 Å². The molecule has 94 valence electrons. The van der Waals surface area contributed by atoms with Gasteiger partial charge in [0.25, 0.3) is 0 Å². The molecule has 0 bridgehead atoms. The fourth-order valence-electron chi connectivity index (χ4n) is 2.21. The van der Waals surface area contributed by atoms with Crippen molar-refractivity contribution in [3.63, 3.8) is 0 Å². The van der Waals surface area contributed by atoms with Crippen LogP contribution in [0.3, 0.4) is 0 Å². The summed E-state index contributed by atoms with van der Waals surface area (Å²) < 4.78 is 1.91. The van der Waals surface area contributed by atoms with Gasteiger partial charge in [0.05, 0.1) is 11.7 Å². The monoisotopic (exact) mass is 262 g/mol. The molecule has 2 aromatic rings. The van der Waals surface area contributed by atoms with Crippen molar-refractivity contribution in [2.24, 2.45) is 0 Å². The van der Waals surface area contributed by atoms with E-state index in [-0.39, 0.29) is 0 Å². The molecule has 0 aliphatic heterocycles. The molecule has 7 heteroatoms. The topological polar surface area (TPSA) is 82.5 Å². The predicted octanol–water partition coefficient (Wildman–Crippen LogP) is 1.92. The number of tetrazole rings is 1. The minimum Gasteiger partial charge on any atom is -0.397 e. The fourth-order valence-corrected chi connectivity index (χ4v) is 3.03. The standard InChI is InChI=1S/C11H14N6S/c12-9-6-3-7-13-10(9)18-11-14-15-16-17(11)8-4-1-2-5-8/h3,6-8H,1-2,4-5,12H2. The molecule has 1 saturated carbocycles.